The van der Waals surface area contributed by atoms with Gasteiger partial charge >= 0.3 is 0 Å². The number of carbonyl (C=O) groups excluding carboxylic acids is 1. The number of ether oxygens (including phenoxy) is 2. The van der Waals surface area contributed by atoms with Gasteiger partial charge in [0, 0.05) is 7.05 Å². The van der Waals surface area contributed by atoms with Crippen LogP contribution in [0.1, 0.15) is 18.1 Å². The lowest BCUT2D eigenvalue weighted by Gasteiger charge is -2.28. The molecule has 140 valence electrons. The van der Waals surface area contributed by atoms with Crippen molar-refractivity contribution in [3.63, 3.8) is 0 Å². The van der Waals surface area contributed by atoms with Crippen molar-refractivity contribution in [3.05, 3.63) is 71.8 Å². The van der Waals surface area contributed by atoms with E-state index in [1.54, 1.807) is 14.0 Å². The van der Waals surface area contributed by atoms with E-state index in [-0.39, 0.29) is 12.5 Å². The highest BCUT2D eigenvalue weighted by Crippen LogP contribution is 2.17. The Kier molecular flexibility index (Phi) is 8.28. The first-order valence-electron chi connectivity index (χ1n) is 8.78. The Morgan fingerprint density at radius 3 is 2.04 bits per heavy atom. The summed E-state index contributed by atoms with van der Waals surface area (Å²) in [4.78, 5) is 12.3. The van der Waals surface area contributed by atoms with Crippen LogP contribution in [0.25, 0.3) is 0 Å². The van der Waals surface area contributed by atoms with E-state index in [9.17, 15) is 9.90 Å². The molecule has 0 bridgehead atoms. The molecule has 0 radical (unpaired) electrons. The summed E-state index contributed by atoms with van der Waals surface area (Å²) < 4.78 is 11.6. The molecule has 2 aromatic carbocycles. The predicted octanol–water partition coefficient (Wildman–Crippen LogP) is 2.53. The largest absolute Gasteiger partial charge is 0.391 e. The first-order chi connectivity index (χ1) is 12.6. The van der Waals surface area contributed by atoms with E-state index in [0.717, 1.165) is 11.1 Å². The summed E-state index contributed by atoms with van der Waals surface area (Å²) in [6.45, 7) is 2.52. The van der Waals surface area contributed by atoms with Crippen molar-refractivity contribution < 1.29 is 19.4 Å². The highest BCUT2D eigenvalue weighted by Gasteiger charge is 2.32. The second-order valence-electron chi connectivity index (χ2n) is 6.22. The number of rotatable bonds is 10. The van der Waals surface area contributed by atoms with Gasteiger partial charge in [-0.2, -0.15) is 0 Å². The Morgan fingerprint density at radius 2 is 1.54 bits per heavy atom. The van der Waals surface area contributed by atoms with Crippen molar-refractivity contribution in [2.24, 2.45) is 5.92 Å². The third-order valence-corrected chi connectivity index (χ3v) is 4.15. The molecule has 1 unspecified atom stereocenters. The summed E-state index contributed by atoms with van der Waals surface area (Å²) in [6.07, 6.45) is -1.47. The van der Waals surface area contributed by atoms with Crippen LogP contribution < -0.4 is 5.32 Å². The molecule has 2 aromatic rings. The van der Waals surface area contributed by atoms with Crippen LogP contribution in [0.2, 0.25) is 0 Å². The van der Waals surface area contributed by atoms with Crippen molar-refractivity contribution in [3.8, 4) is 0 Å². The highest BCUT2D eigenvalue weighted by atomic mass is 16.5. The van der Waals surface area contributed by atoms with E-state index in [0.29, 0.717) is 13.2 Å². The second-order valence-corrected chi connectivity index (χ2v) is 6.22. The quantitative estimate of drug-likeness (QED) is 0.686. The molecule has 26 heavy (non-hydrogen) atoms. The van der Waals surface area contributed by atoms with Crippen LogP contribution in [0, 0.1) is 5.92 Å². The minimum absolute atomic E-state index is 0.166. The fourth-order valence-electron chi connectivity index (χ4n) is 2.74. The maximum atomic E-state index is 12.3. The van der Waals surface area contributed by atoms with E-state index in [4.69, 9.17) is 9.47 Å². The van der Waals surface area contributed by atoms with Crippen LogP contribution >= 0.6 is 0 Å². The zero-order valence-corrected chi connectivity index (χ0v) is 15.3. The minimum atomic E-state index is -0.804. The Labute approximate surface area is 155 Å². The third-order valence-electron chi connectivity index (χ3n) is 4.15. The molecule has 0 aliphatic heterocycles. The second kappa shape index (κ2) is 10.7. The number of hydrogen-bond donors (Lipinski definition) is 2. The molecule has 0 fully saturated rings. The van der Waals surface area contributed by atoms with Crippen LogP contribution in [0.3, 0.4) is 0 Å². The molecule has 0 spiro atoms. The molecule has 2 N–H and O–H groups in total. The monoisotopic (exact) mass is 357 g/mol. The van der Waals surface area contributed by atoms with E-state index < -0.39 is 18.1 Å². The SMILES string of the molecule is CNC(=O)[C@@H](COCc1ccccc1)[C@H](OCc1ccccc1)C(C)O. The zero-order valence-electron chi connectivity index (χ0n) is 15.3. The summed E-state index contributed by atoms with van der Waals surface area (Å²) in [6, 6.07) is 19.4. The lowest BCUT2D eigenvalue weighted by atomic mass is 9.98. The fraction of sp³-hybridized carbons (Fsp3) is 0.381. The maximum absolute atomic E-state index is 12.3. The first kappa shape index (κ1) is 20.1. The number of nitrogens with one attached hydrogen (secondary N) is 1. The Hall–Kier alpha value is -2.21. The number of aliphatic hydroxyl groups excluding tert-OH is 1. The van der Waals surface area contributed by atoms with Gasteiger partial charge in [0.1, 0.15) is 0 Å². The van der Waals surface area contributed by atoms with Crippen molar-refractivity contribution in [1.29, 1.82) is 0 Å². The lowest BCUT2D eigenvalue weighted by molar-refractivity contribution is -0.142. The van der Waals surface area contributed by atoms with Gasteiger partial charge < -0.3 is 19.9 Å². The number of amides is 1. The third kappa shape index (κ3) is 6.26. The molecule has 0 aliphatic rings. The van der Waals surface area contributed by atoms with Gasteiger partial charge in [0.2, 0.25) is 5.91 Å². The maximum Gasteiger partial charge on any atom is 0.227 e. The van der Waals surface area contributed by atoms with Crippen molar-refractivity contribution >= 4 is 5.91 Å². The summed E-state index contributed by atoms with van der Waals surface area (Å²) in [5.41, 5.74) is 2.01. The van der Waals surface area contributed by atoms with Gasteiger partial charge in [-0.05, 0) is 18.1 Å². The number of carbonyl (C=O) groups is 1. The normalized spacial score (nSPS) is 14.4. The molecule has 0 aliphatic carbocycles. The first-order valence-corrected chi connectivity index (χ1v) is 8.78. The standard InChI is InChI=1S/C21H27NO4/c1-16(23)20(26-14-18-11-7-4-8-12-18)19(21(24)22-2)15-25-13-17-9-5-3-6-10-17/h3-12,16,19-20,23H,13-15H2,1-2H3,(H,22,24)/t16?,19-,20+/m0/s1. The summed E-state index contributed by atoms with van der Waals surface area (Å²) in [5.74, 6) is -0.815. The molecule has 0 saturated heterocycles. The molecule has 2 rings (SSSR count). The Bertz CT molecular complexity index is 646. The Balaban J connectivity index is 1.99. The van der Waals surface area contributed by atoms with Gasteiger partial charge in [-0.3, -0.25) is 4.79 Å². The summed E-state index contributed by atoms with van der Waals surface area (Å²) in [7, 11) is 1.57. The van der Waals surface area contributed by atoms with Crippen molar-refractivity contribution in [2.45, 2.75) is 32.3 Å². The minimum Gasteiger partial charge on any atom is -0.391 e. The molecule has 1 amide bonds. The van der Waals surface area contributed by atoms with Crippen LogP contribution in [-0.2, 0) is 27.5 Å². The van der Waals surface area contributed by atoms with E-state index in [1.165, 1.54) is 0 Å². The molecule has 5 heteroatoms. The summed E-state index contributed by atoms with van der Waals surface area (Å²) >= 11 is 0. The van der Waals surface area contributed by atoms with Crippen LogP contribution in [0.5, 0.6) is 0 Å². The van der Waals surface area contributed by atoms with Crippen LogP contribution in [0.4, 0.5) is 0 Å². The molecule has 0 heterocycles. The van der Waals surface area contributed by atoms with Crippen molar-refractivity contribution in [2.75, 3.05) is 13.7 Å². The average Bonchev–Trinajstić information content (AvgIpc) is 2.67. The number of aliphatic hydroxyl groups is 1. The molecule has 3 atom stereocenters. The summed E-state index contributed by atoms with van der Waals surface area (Å²) in [5, 5.41) is 12.8. The van der Waals surface area contributed by atoms with Gasteiger partial charge in [0.25, 0.3) is 0 Å². The van der Waals surface area contributed by atoms with Crippen LogP contribution in [0.15, 0.2) is 60.7 Å². The van der Waals surface area contributed by atoms with Gasteiger partial charge in [-0.1, -0.05) is 60.7 Å². The van der Waals surface area contributed by atoms with Gasteiger partial charge in [0.15, 0.2) is 0 Å². The molecule has 0 saturated carbocycles. The highest BCUT2D eigenvalue weighted by molar-refractivity contribution is 5.79. The average molecular weight is 357 g/mol. The predicted molar refractivity (Wildman–Crippen MR) is 100 cm³/mol. The van der Waals surface area contributed by atoms with Gasteiger partial charge in [-0.25, -0.2) is 0 Å². The van der Waals surface area contributed by atoms with E-state index in [1.807, 2.05) is 60.7 Å². The topological polar surface area (TPSA) is 67.8 Å². The Morgan fingerprint density at radius 1 is 1.00 bits per heavy atom. The van der Waals surface area contributed by atoms with Crippen molar-refractivity contribution in [1.82, 2.24) is 5.32 Å². The molecular weight excluding hydrogens is 330 g/mol. The zero-order chi connectivity index (χ0) is 18.8. The molecule has 5 nitrogen and oxygen atoms in total. The van der Waals surface area contributed by atoms with Crippen LogP contribution in [-0.4, -0.2) is 36.9 Å². The molecular formula is C21H27NO4. The number of hydrogen-bond acceptors (Lipinski definition) is 4. The van der Waals surface area contributed by atoms with E-state index in [2.05, 4.69) is 5.32 Å². The molecule has 0 aromatic heterocycles. The smallest absolute Gasteiger partial charge is 0.227 e. The van der Waals surface area contributed by atoms with Gasteiger partial charge in [0.05, 0.1) is 37.9 Å². The van der Waals surface area contributed by atoms with E-state index >= 15 is 0 Å². The fourth-order valence-corrected chi connectivity index (χ4v) is 2.74. The lowest BCUT2D eigenvalue weighted by Crippen LogP contribution is -2.45. The van der Waals surface area contributed by atoms with Gasteiger partial charge in [-0.15, -0.1) is 0 Å². The number of benzene rings is 2.